The number of aryl methyl sites for hydroxylation is 3. The number of nitrogens with zero attached hydrogens (tertiary/aromatic N) is 5. The minimum Gasteiger partial charge on any atom is -0.495 e. The Balaban J connectivity index is 2.18. The highest BCUT2D eigenvalue weighted by molar-refractivity contribution is 5.77. The fourth-order valence-electron chi connectivity index (χ4n) is 3.71. The summed E-state index contributed by atoms with van der Waals surface area (Å²) in [6.07, 6.45) is 3.42. The molecule has 0 amide bonds. The SMILES string of the molecule is C=C[C@H](C)n1c(=O)c2c(nc3n(-c4cc(C)ccc4OC)c(C)cn23)n(C)c1=O. The molecule has 3 aromatic heterocycles. The van der Waals surface area contributed by atoms with E-state index in [-0.39, 0.29) is 0 Å². The van der Waals surface area contributed by atoms with E-state index in [2.05, 4.69) is 11.6 Å². The van der Waals surface area contributed by atoms with Crippen molar-refractivity contribution in [3.05, 3.63) is 69.1 Å². The van der Waals surface area contributed by atoms with Gasteiger partial charge in [0.05, 0.1) is 18.8 Å². The molecule has 8 heteroatoms. The van der Waals surface area contributed by atoms with Crippen LogP contribution in [0.1, 0.15) is 24.2 Å². The number of fused-ring (bicyclic) bond motifs is 3. The number of aromatic nitrogens is 5. The second-order valence-corrected chi connectivity index (χ2v) is 7.23. The van der Waals surface area contributed by atoms with Crippen LogP contribution in [-0.2, 0) is 7.05 Å². The molecular formula is C21H23N5O3. The van der Waals surface area contributed by atoms with E-state index in [4.69, 9.17) is 4.74 Å². The highest BCUT2D eigenvalue weighted by Gasteiger charge is 2.23. The molecule has 0 unspecified atom stereocenters. The van der Waals surface area contributed by atoms with Crippen molar-refractivity contribution in [3.63, 3.8) is 0 Å². The third kappa shape index (κ3) is 2.55. The standard InChI is InChI=1S/C21H23N5O3/c1-7-13(3)26-19(27)17-18(23(5)21(26)28)22-20-24(17)11-14(4)25(20)15-10-12(2)8-9-16(15)29-6/h7-11,13H,1H2,2-6H3/t13-/m0/s1. The maximum Gasteiger partial charge on any atom is 0.333 e. The minimum atomic E-state index is -0.434. The van der Waals surface area contributed by atoms with Gasteiger partial charge in [-0.15, -0.1) is 6.58 Å². The third-order valence-electron chi connectivity index (χ3n) is 5.30. The van der Waals surface area contributed by atoms with Crippen LogP contribution >= 0.6 is 0 Å². The lowest BCUT2D eigenvalue weighted by atomic mass is 10.2. The topological polar surface area (TPSA) is 75.5 Å². The monoisotopic (exact) mass is 393 g/mol. The van der Waals surface area contributed by atoms with Crippen LogP contribution in [0.5, 0.6) is 5.75 Å². The maximum atomic E-state index is 13.2. The highest BCUT2D eigenvalue weighted by atomic mass is 16.5. The number of allylic oxidation sites excluding steroid dienone is 1. The average molecular weight is 393 g/mol. The first-order valence-electron chi connectivity index (χ1n) is 9.29. The van der Waals surface area contributed by atoms with Crippen LogP contribution in [0.4, 0.5) is 0 Å². The van der Waals surface area contributed by atoms with Gasteiger partial charge in [0.25, 0.3) is 5.56 Å². The zero-order valence-corrected chi connectivity index (χ0v) is 17.1. The first-order valence-corrected chi connectivity index (χ1v) is 9.29. The lowest BCUT2D eigenvalue weighted by molar-refractivity contribution is 0.413. The van der Waals surface area contributed by atoms with E-state index < -0.39 is 17.3 Å². The smallest absolute Gasteiger partial charge is 0.333 e. The molecule has 150 valence electrons. The molecule has 3 heterocycles. The van der Waals surface area contributed by atoms with Crippen molar-refractivity contribution in [3.8, 4) is 11.4 Å². The van der Waals surface area contributed by atoms with Crippen molar-refractivity contribution in [2.75, 3.05) is 7.11 Å². The largest absolute Gasteiger partial charge is 0.495 e. The summed E-state index contributed by atoms with van der Waals surface area (Å²) in [5, 5.41) is 0. The fraction of sp³-hybridized carbons (Fsp3) is 0.286. The number of rotatable bonds is 4. The Kier molecular flexibility index (Phi) is 4.22. The van der Waals surface area contributed by atoms with Gasteiger partial charge in [0.15, 0.2) is 11.2 Å². The van der Waals surface area contributed by atoms with Gasteiger partial charge in [-0.1, -0.05) is 12.1 Å². The molecule has 0 aliphatic heterocycles. The Morgan fingerprint density at radius 2 is 1.97 bits per heavy atom. The van der Waals surface area contributed by atoms with Crippen molar-refractivity contribution in [1.82, 2.24) is 23.1 Å². The normalized spacial score (nSPS) is 12.6. The number of hydrogen-bond donors (Lipinski definition) is 0. The summed E-state index contributed by atoms with van der Waals surface area (Å²) in [7, 11) is 3.23. The van der Waals surface area contributed by atoms with Crippen molar-refractivity contribution in [1.29, 1.82) is 0 Å². The summed E-state index contributed by atoms with van der Waals surface area (Å²) in [4.78, 5) is 30.6. The van der Waals surface area contributed by atoms with E-state index in [1.54, 1.807) is 31.6 Å². The molecule has 0 aliphatic rings. The third-order valence-corrected chi connectivity index (χ3v) is 5.30. The van der Waals surface area contributed by atoms with Crippen LogP contribution in [0, 0.1) is 13.8 Å². The lowest BCUT2D eigenvalue weighted by Gasteiger charge is -2.12. The second-order valence-electron chi connectivity index (χ2n) is 7.23. The van der Waals surface area contributed by atoms with Crippen molar-refractivity contribution in [2.24, 2.45) is 7.05 Å². The van der Waals surface area contributed by atoms with Crippen LogP contribution in [0.15, 0.2) is 46.6 Å². The lowest BCUT2D eigenvalue weighted by Crippen LogP contribution is -2.40. The summed E-state index contributed by atoms with van der Waals surface area (Å²) in [6.45, 7) is 9.41. The summed E-state index contributed by atoms with van der Waals surface area (Å²) in [5.41, 5.74) is 2.64. The van der Waals surface area contributed by atoms with Crippen LogP contribution in [-0.4, -0.2) is 30.2 Å². The molecule has 0 fully saturated rings. The highest BCUT2D eigenvalue weighted by Crippen LogP contribution is 2.28. The Labute approximate surface area is 166 Å². The zero-order chi connectivity index (χ0) is 21.0. The quantitative estimate of drug-likeness (QED) is 0.499. The predicted octanol–water partition coefficient (Wildman–Crippen LogP) is 2.51. The van der Waals surface area contributed by atoms with Gasteiger partial charge in [-0.2, -0.15) is 4.98 Å². The Morgan fingerprint density at radius 1 is 1.24 bits per heavy atom. The fourth-order valence-corrected chi connectivity index (χ4v) is 3.71. The molecule has 0 radical (unpaired) electrons. The molecule has 4 rings (SSSR count). The van der Waals surface area contributed by atoms with Gasteiger partial charge in [0.2, 0.25) is 5.78 Å². The van der Waals surface area contributed by atoms with Crippen LogP contribution < -0.4 is 16.0 Å². The van der Waals surface area contributed by atoms with Gasteiger partial charge in [-0.25, -0.2) is 4.79 Å². The molecule has 0 N–H and O–H groups in total. The van der Waals surface area contributed by atoms with Gasteiger partial charge >= 0.3 is 5.69 Å². The van der Waals surface area contributed by atoms with Crippen molar-refractivity contribution in [2.45, 2.75) is 26.8 Å². The maximum absolute atomic E-state index is 13.2. The predicted molar refractivity (Wildman–Crippen MR) is 112 cm³/mol. The second kappa shape index (κ2) is 6.51. The Hall–Kier alpha value is -3.55. The van der Waals surface area contributed by atoms with Crippen LogP contribution in [0.2, 0.25) is 0 Å². The first-order chi connectivity index (χ1) is 13.8. The molecule has 0 saturated heterocycles. The van der Waals surface area contributed by atoms with Gasteiger partial charge < -0.3 is 4.74 Å². The van der Waals surface area contributed by atoms with Crippen molar-refractivity contribution >= 4 is 16.9 Å². The summed E-state index contributed by atoms with van der Waals surface area (Å²) < 4.78 is 11.8. The van der Waals surface area contributed by atoms with Crippen molar-refractivity contribution < 1.29 is 4.74 Å². The summed E-state index contributed by atoms with van der Waals surface area (Å²) in [6, 6.07) is 5.44. The van der Waals surface area contributed by atoms with Gasteiger partial charge in [-0.3, -0.25) is 22.9 Å². The average Bonchev–Trinajstić information content (AvgIpc) is 3.20. The summed E-state index contributed by atoms with van der Waals surface area (Å²) >= 11 is 0. The van der Waals surface area contributed by atoms with E-state index in [9.17, 15) is 9.59 Å². The molecule has 1 atom stereocenters. The molecule has 4 aromatic rings. The van der Waals surface area contributed by atoms with Gasteiger partial charge in [-0.05, 0) is 38.5 Å². The molecule has 1 aromatic carbocycles. The number of ether oxygens (including phenoxy) is 1. The summed E-state index contributed by atoms with van der Waals surface area (Å²) in [5.74, 6) is 1.23. The number of imidazole rings is 2. The molecular weight excluding hydrogens is 370 g/mol. The van der Waals surface area contributed by atoms with E-state index in [1.807, 2.05) is 42.8 Å². The Bertz CT molecular complexity index is 1400. The number of hydrogen-bond acceptors (Lipinski definition) is 4. The molecule has 8 nitrogen and oxygen atoms in total. The number of benzene rings is 1. The molecule has 0 saturated carbocycles. The first kappa shape index (κ1) is 18.8. The zero-order valence-electron chi connectivity index (χ0n) is 17.1. The molecule has 0 aliphatic carbocycles. The van der Waals surface area contributed by atoms with E-state index in [1.165, 1.54) is 9.13 Å². The van der Waals surface area contributed by atoms with Crippen LogP contribution in [0.3, 0.4) is 0 Å². The molecule has 0 spiro atoms. The number of methoxy groups -OCH3 is 1. The van der Waals surface area contributed by atoms with E-state index in [0.29, 0.717) is 22.7 Å². The molecule has 29 heavy (non-hydrogen) atoms. The van der Waals surface area contributed by atoms with Gasteiger partial charge in [0.1, 0.15) is 5.75 Å². The van der Waals surface area contributed by atoms with E-state index >= 15 is 0 Å². The van der Waals surface area contributed by atoms with E-state index in [0.717, 1.165) is 16.9 Å². The van der Waals surface area contributed by atoms with Crippen LogP contribution in [0.25, 0.3) is 22.6 Å². The Morgan fingerprint density at radius 3 is 2.62 bits per heavy atom. The minimum absolute atomic E-state index is 0.336. The molecule has 0 bridgehead atoms. The van der Waals surface area contributed by atoms with Gasteiger partial charge in [0, 0.05) is 18.9 Å².